The second-order valence-electron chi connectivity index (χ2n) is 6.01. The van der Waals surface area contributed by atoms with Crippen LogP contribution >= 0.6 is 0 Å². The Morgan fingerprint density at radius 1 is 0.938 bits per heavy atom. The van der Waals surface area contributed by atoms with E-state index in [9.17, 15) is 0 Å². The molecule has 96 valence electrons. The van der Waals surface area contributed by atoms with Gasteiger partial charge in [-0.3, -0.25) is 0 Å². The van der Waals surface area contributed by atoms with Crippen LogP contribution in [0.25, 0.3) is 0 Å². The van der Waals surface area contributed by atoms with Crippen LogP contribution in [0.15, 0.2) is 0 Å². The average Bonchev–Trinajstić information content (AvgIpc) is 2.35. The lowest BCUT2D eigenvalue weighted by Crippen LogP contribution is -2.17. The Kier molecular flexibility index (Phi) is 7.16. The van der Waals surface area contributed by atoms with E-state index >= 15 is 0 Å². The summed E-state index contributed by atoms with van der Waals surface area (Å²) in [6, 6.07) is 0. The van der Waals surface area contributed by atoms with Crippen molar-refractivity contribution in [1.82, 2.24) is 0 Å². The molecule has 0 aromatic rings. The van der Waals surface area contributed by atoms with E-state index < -0.39 is 0 Å². The van der Waals surface area contributed by atoms with Crippen LogP contribution in [0.4, 0.5) is 0 Å². The third-order valence-electron chi connectivity index (χ3n) is 4.81. The van der Waals surface area contributed by atoms with Gasteiger partial charge in [-0.2, -0.15) is 0 Å². The fourth-order valence-corrected chi connectivity index (χ4v) is 3.31. The molecule has 1 saturated carbocycles. The van der Waals surface area contributed by atoms with Crippen LogP contribution in [0.3, 0.4) is 0 Å². The van der Waals surface area contributed by atoms with E-state index in [2.05, 4.69) is 20.8 Å². The van der Waals surface area contributed by atoms with E-state index in [1.165, 1.54) is 64.2 Å². The summed E-state index contributed by atoms with van der Waals surface area (Å²) in [5.74, 6) is 3.07. The zero-order valence-electron chi connectivity index (χ0n) is 11.8. The minimum absolute atomic E-state index is 0.948. The van der Waals surface area contributed by atoms with Crippen molar-refractivity contribution in [3.05, 3.63) is 0 Å². The Balaban J connectivity index is 2.19. The summed E-state index contributed by atoms with van der Waals surface area (Å²) >= 11 is 0. The maximum atomic E-state index is 2.41. The van der Waals surface area contributed by atoms with E-state index in [-0.39, 0.29) is 0 Å². The molecule has 1 rings (SSSR count). The molecule has 0 heterocycles. The summed E-state index contributed by atoms with van der Waals surface area (Å²) in [6.45, 7) is 7.13. The molecule has 0 aromatic carbocycles. The highest BCUT2D eigenvalue weighted by Gasteiger charge is 2.21. The minimum Gasteiger partial charge on any atom is -0.0651 e. The topological polar surface area (TPSA) is 0 Å². The smallest absolute Gasteiger partial charge is 0.0386 e. The maximum absolute atomic E-state index is 2.41. The molecule has 0 aliphatic heterocycles. The molecule has 0 heteroatoms. The van der Waals surface area contributed by atoms with Gasteiger partial charge < -0.3 is 0 Å². The van der Waals surface area contributed by atoms with Gasteiger partial charge in [0.15, 0.2) is 0 Å². The molecule has 0 aromatic heterocycles. The first-order valence-corrected chi connectivity index (χ1v) is 7.77. The lowest BCUT2D eigenvalue weighted by molar-refractivity contribution is 0.222. The van der Waals surface area contributed by atoms with Gasteiger partial charge in [-0.15, -0.1) is 0 Å². The standard InChI is InChI=1S/C16H32/c1-4-14(3)10-9-13-15(5-2)16-11-7-6-8-12-16/h14-16H,4-13H2,1-3H3. The molecule has 0 bridgehead atoms. The predicted molar refractivity (Wildman–Crippen MR) is 73.7 cm³/mol. The summed E-state index contributed by atoms with van der Waals surface area (Å²) < 4.78 is 0. The summed E-state index contributed by atoms with van der Waals surface area (Å²) in [5, 5.41) is 0. The monoisotopic (exact) mass is 224 g/mol. The zero-order chi connectivity index (χ0) is 11.8. The van der Waals surface area contributed by atoms with Gasteiger partial charge in [0.2, 0.25) is 0 Å². The minimum atomic E-state index is 0.948. The molecule has 0 amide bonds. The third kappa shape index (κ3) is 4.89. The highest BCUT2D eigenvalue weighted by atomic mass is 14.3. The highest BCUT2D eigenvalue weighted by molar-refractivity contribution is 4.73. The van der Waals surface area contributed by atoms with Crippen molar-refractivity contribution >= 4 is 0 Å². The van der Waals surface area contributed by atoms with Crippen LogP contribution < -0.4 is 0 Å². The molecular formula is C16H32. The second kappa shape index (κ2) is 8.14. The van der Waals surface area contributed by atoms with Crippen molar-refractivity contribution in [1.29, 1.82) is 0 Å². The fourth-order valence-electron chi connectivity index (χ4n) is 3.31. The van der Waals surface area contributed by atoms with Crippen LogP contribution in [0.2, 0.25) is 0 Å². The third-order valence-corrected chi connectivity index (χ3v) is 4.81. The van der Waals surface area contributed by atoms with Crippen molar-refractivity contribution in [3.8, 4) is 0 Å². The maximum Gasteiger partial charge on any atom is -0.0386 e. The van der Waals surface area contributed by atoms with E-state index in [4.69, 9.17) is 0 Å². The van der Waals surface area contributed by atoms with Crippen molar-refractivity contribution in [2.75, 3.05) is 0 Å². The van der Waals surface area contributed by atoms with Crippen LogP contribution in [0.1, 0.15) is 85.0 Å². The van der Waals surface area contributed by atoms with Gasteiger partial charge in [-0.05, 0) is 17.8 Å². The van der Waals surface area contributed by atoms with Crippen LogP contribution in [0.5, 0.6) is 0 Å². The highest BCUT2D eigenvalue weighted by Crippen LogP contribution is 2.34. The van der Waals surface area contributed by atoms with E-state index in [0.717, 1.165) is 17.8 Å². The SMILES string of the molecule is CCC(C)CCCC(CC)C1CCCCC1. The number of hydrogen-bond acceptors (Lipinski definition) is 0. The van der Waals surface area contributed by atoms with Crippen molar-refractivity contribution < 1.29 is 0 Å². The van der Waals surface area contributed by atoms with Gasteiger partial charge in [0.1, 0.15) is 0 Å². The zero-order valence-corrected chi connectivity index (χ0v) is 11.8. The molecule has 1 aliphatic carbocycles. The van der Waals surface area contributed by atoms with E-state index in [1.54, 1.807) is 0 Å². The Hall–Kier alpha value is 0. The molecule has 0 saturated heterocycles. The Labute approximate surface area is 103 Å². The van der Waals surface area contributed by atoms with Gasteiger partial charge in [0.25, 0.3) is 0 Å². The molecule has 0 radical (unpaired) electrons. The largest absolute Gasteiger partial charge is 0.0651 e. The first-order valence-electron chi connectivity index (χ1n) is 7.77. The molecule has 1 aliphatic rings. The normalized spacial score (nSPS) is 21.9. The van der Waals surface area contributed by atoms with E-state index in [0.29, 0.717) is 0 Å². The van der Waals surface area contributed by atoms with Gasteiger partial charge >= 0.3 is 0 Å². The van der Waals surface area contributed by atoms with Crippen molar-refractivity contribution in [2.45, 2.75) is 85.0 Å². The summed E-state index contributed by atoms with van der Waals surface area (Å²) in [5.41, 5.74) is 0. The van der Waals surface area contributed by atoms with Gasteiger partial charge in [0, 0.05) is 0 Å². The molecule has 2 unspecified atom stereocenters. The quantitative estimate of drug-likeness (QED) is 0.512. The molecule has 0 nitrogen and oxygen atoms in total. The van der Waals surface area contributed by atoms with Crippen LogP contribution in [-0.4, -0.2) is 0 Å². The summed E-state index contributed by atoms with van der Waals surface area (Å²) in [6.07, 6.45) is 14.8. The number of hydrogen-bond donors (Lipinski definition) is 0. The Morgan fingerprint density at radius 2 is 1.62 bits per heavy atom. The van der Waals surface area contributed by atoms with Crippen LogP contribution in [-0.2, 0) is 0 Å². The molecule has 0 spiro atoms. The van der Waals surface area contributed by atoms with Crippen molar-refractivity contribution in [3.63, 3.8) is 0 Å². The van der Waals surface area contributed by atoms with Gasteiger partial charge in [0.05, 0.1) is 0 Å². The number of rotatable bonds is 7. The molecule has 1 fully saturated rings. The summed E-state index contributed by atoms with van der Waals surface area (Å²) in [4.78, 5) is 0. The average molecular weight is 224 g/mol. The Morgan fingerprint density at radius 3 is 2.19 bits per heavy atom. The van der Waals surface area contributed by atoms with Gasteiger partial charge in [-0.25, -0.2) is 0 Å². The predicted octanol–water partition coefficient (Wildman–Crippen LogP) is 5.81. The Bertz CT molecular complexity index is 155. The summed E-state index contributed by atoms with van der Waals surface area (Å²) in [7, 11) is 0. The van der Waals surface area contributed by atoms with E-state index in [1.807, 2.05) is 0 Å². The first-order chi connectivity index (χ1) is 7.77. The van der Waals surface area contributed by atoms with Crippen LogP contribution in [0, 0.1) is 17.8 Å². The fraction of sp³-hybridized carbons (Fsp3) is 1.00. The lowest BCUT2D eigenvalue weighted by atomic mass is 9.76. The second-order valence-corrected chi connectivity index (χ2v) is 6.01. The molecule has 16 heavy (non-hydrogen) atoms. The van der Waals surface area contributed by atoms with Crippen molar-refractivity contribution in [2.24, 2.45) is 17.8 Å². The first kappa shape index (κ1) is 14.1. The molecular weight excluding hydrogens is 192 g/mol. The lowest BCUT2D eigenvalue weighted by Gasteiger charge is -2.29. The van der Waals surface area contributed by atoms with Gasteiger partial charge in [-0.1, -0.05) is 85.0 Å². The molecule has 0 N–H and O–H groups in total. The molecule has 2 atom stereocenters.